The van der Waals surface area contributed by atoms with Crippen molar-refractivity contribution in [2.75, 3.05) is 25.1 Å². The van der Waals surface area contributed by atoms with Crippen LogP contribution in [0.2, 0.25) is 0 Å². The van der Waals surface area contributed by atoms with Crippen molar-refractivity contribution in [3.63, 3.8) is 0 Å². The van der Waals surface area contributed by atoms with Crippen LogP contribution in [0.5, 0.6) is 11.5 Å². The van der Waals surface area contributed by atoms with E-state index in [1.165, 1.54) is 50.6 Å². The van der Waals surface area contributed by atoms with Gasteiger partial charge in [0.15, 0.2) is 0 Å². The SMILES string of the molecule is COc1ccc(OC)c(N(CC(=O)N/N=C\c2cccc(C(F)(F)F)c2)S(=O)(=O)c2ccc(C)cc2)c1. The van der Waals surface area contributed by atoms with Crippen LogP contribution < -0.4 is 19.2 Å². The molecule has 3 aromatic rings. The molecule has 8 nitrogen and oxygen atoms in total. The van der Waals surface area contributed by atoms with Gasteiger partial charge in [-0.2, -0.15) is 18.3 Å². The summed E-state index contributed by atoms with van der Waals surface area (Å²) < 4.78 is 77.3. The maximum absolute atomic E-state index is 13.6. The highest BCUT2D eigenvalue weighted by Gasteiger charge is 2.31. The number of rotatable bonds is 9. The van der Waals surface area contributed by atoms with Crippen molar-refractivity contribution in [2.45, 2.75) is 18.0 Å². The predicted octanol–water partition coefficient (Wildman–Crippen LogP) is 4.38. The summed E-state index contributed by atoms with van der Waals surface area (Å²) in [6, 6.07) is 14.9. The summed E-state index contributed by atoms with van der Waals surface area (Å²) in [6.07, 6.45) is -3.51. The van der Waals surface area contributed by atoms with Gasteiger partial charge in [0.25, 0.3) is 15.9 Å². The number of sulfonamides is 1. The van der Waals surface area contributed by atoms with Crippen LogP contribution in [0, 0.1) is 6.92 Å². The fourth-order valence-electron chi connectivity index (χ4n) is 3.27. The molecule has 0 spiro atoms. The first-order chi connectivity index (χ1) is 17.5. The lowest BCUT2D eigenvalue weighted by Crippen LogP contribution is -2.39. The van der Waals surface area contributed by atoms with Crippen LogP contribution in [0.3, 0.4) is 0 Å². The average molecular weight is 536 g/mol. The maximum Gasteiger partial charge on any atom is 0.416 e. The summed E-state index contributed by atoms with van der Waals surface area (Å²) >= 11 is 0. The Balaban J connectivity index is 1.92. The van der Waals surface area contributed by atoms with E-state index in [4.69, 9.17) is 9.47 Å². The number of methoxy groups -OCH3 is 2. The first-order valence-electron chi connectivity index (χ1n) is 10.8. The van der Waals surface area contributed by atoms with Gasteiger partial charge in [0.05, 0.1) is 36.6 Å². The third-order valence-corrected chi connectivity index (χ3v) is 6.94. The molecular formula is C25H24F3N3O5S. The van der Waals surface area contributed by atoms with Crippen molar-refractivity contribution < 1.29 is 35.9 Å². The van der Waals surface area contributed by atoms with Crippen molar-refractivity contribution in [2.24, 2.45) is 5.10 Å². The van der Waals surface area contributed by atoms with Crippen LogP contribution in [0.25, 0.3) is 0 Å². The summed E-state index contributed by atoms with van der Waals surface area (Å²) in [6.45, 7) is 1.09. The Morgan fingerprint density at radius 1 is 1.03 bits per heavy atom. The molecule has 0 saturated carbocycles. The Bertz CT molecular complexity index is 1390. The van der Waals surface area contributed by atoms with Gasteiger partial charge in [-0.1, -0.05) is 29.8 Å². The number of benzene rings is 3. The number of hydrogen-bond donors (Lipinski definition) is 1. The van der Waals surface area contributed by atoms with E-state index in [0.717, 1.165) is 28.2 Å². The minimum atomic E-state index is -4.53. The summed E-state index contributed by atoms with van der Waals surface area (Å²) in [5, 5.41) is 3.68. The number of nitrogens with one attached hydrogen (secondary N) is 1. The van der Waals surface area contributed by atoms with Gasteiger partial charge in [0, 0.05) is 6.07 Å². The van der Waals surface area contributed by atoms with Gasteiger partial charge < -0.3 is 9.47 Å². The molecule has 0 radical (unpaired) electrons. The highest BCUT2D eigenvalue weighted by Crippen LogP contribution is 2.35. The molecule has 3 aromatic carbocycles. The lowest BCUT2D eigenvalue weighted by Gasteiger charge is -2.25. The molecule has 0 atom stereocenters. The quantitative estimate of drug-likeness (QED) is 0.324. The first kappa shape index (κ1) is 27.5. The molecule has 3 rings (SSSR count). The van der Waals surface area contributed by atoms with Gasteiger partial charge in [0.2, 0.25) is 0 Å². The van der Waals surface area contributed by atoms with E-state index in [-0.39, 0.29) is 21.9 Å². The predicted molar refractivity (Wildman–Crippen MR) is 132 cm³/mol. The maximum atomic E-state index is 13.6. The van der Waals surface area contributed by atoms with Crippen molar-refractivity contribution in [1.29, 1.82) is 0 Å². The number of carbonyl (C=O) groups excluding carboxylic acids is 1. The highest BCUT2D eigenvalue weighted by atomic mass is 32.2. The van der Waals surface area contributed by atoms with Crippen molar-refractivity contribution in [1.82, 2.24) is 5.43 Å². The number of hydrogen-bond acceptors (Lipinski definition) is 6. The Hall–Kier alpha value is -4.06. The van der Waals surface area contributed by atoms with E-state index in [0.29, 0.717) is 5.75 Å². The zero-order chi connectivity index (χ0) is 27.2. The van der Waals surface area contributed by atoms with Gasteiger partial charge in [0.1, 0.15) is 18.0 Å². The monoisotopic (exact) mass is 535 g/mol. The van der Waals surface area contributed by atoms with Crippen LogP contribution >= 0.6 is 0 Å². The van der Waals surface area contributed by atoms with Crippen LogP contribution in [0.15, 0.2) is 76.7 Å². The number of aryl methyl sites for hydroxylation is 1. The van der Waals surface area contributed by atoms with Crippen LogP contribution in [-0.2, 0) is 21.0 Å². The van der Waals surface area contributed by atoms with E-state index >= 15 is 0 Å². The summed E-state index contributed by atoms with van der Waals surface area (Å²) in [7, 11) is -1.51. The number of amides is 1. The van der Waals surface area contributed by atoms with Gasteiger partial charge in [-0.25, -0.2) is 13.8 Å². The lowest BCUT2D eigenvalue weighted by atomic mass is 10.1. The fourth-order valence-corrected chi connectivity index (χ4v) is 4.69. The molecule has 0 saturated heterocycles. The van der Waals surface area contributed by atoms with E-state index in [2.05, 4.69) is 10.5 Å². The smallest absolute Gasteiger partial charge is 0.416 e. The molecule has 1 N–H and O–H groups in total. The fraction of sp³-hybridized carbons (Fsp3) is 0.200. The van der Waals surface area contributed by atoms with Crippen molar-refractivity contribution in [3.8, 4) is 11.5 Å². The highest BCUT2D eigenvalue weighted by molar-refractivity contribution is 7.92. The molecule has 37 heavy (non-hydrogen) atoms. The van der Waals surface area contributed by atoms with Crippen LogP contribution in [0.1, 0.15) is 16.7 Å². The molecular weight excluding hydrogens is 511 g/mol. The standard InChI is InChI=1S/C25H24F3N3O5S/c1-17-7-10-21(11-8-17)37(33,34)31(22-14-20(35-2)9-12-23(22)36-3)16-24(32)30-29-15-18-5-4-6-19(13-18)25(26,27)28/h4-15H,16H2,1-3H3,(H,30,32)/b29-15-. The second kappa shape index (κ2) is 11.3. The zero-order valence-corrected chi connectivity index (χ0v) is 20.9. The Labute approximate surface area is 212 Å². The van der Waals surface area contributed by atoms with Gasteiger partial charge >= 0.3 is 6.18 Å². The number of ether oxygens (including phenoxy) is 2. The minimum Gasteiger partial charge on any atom is -0.497 e. The van der Waals surface area contributed by atoms with E-state index in [1.54, 1.807) is 25.1 Å². The van der Waals surface area contributed by atoms with Crippen LogP contribution in [0.4, 0.5) is 18.9 Å². The first-order valence-corrected chi connectivity index (χ1v) is 12.2. The molecule has 0 aromatic heterocycles. The number of carbonyl (C=O) groups is 1. The van der Waals surface area contributed by atoms with E-state index < -0.39 is 34.2 Å². The number of nitrogens with zero attached hydrogens (tertiary/aromatic N) is 2. The molecule has 0 aliphatic carbocycles. The Morgan fingerprint density at radius 2 is 1.73 bits per heavy atom. The third-order valence-electron chi connectivity index (χ3n) is 5.17. The summed E-state index contributed by atoms with van der Waals surface area (Å²) in [4.78, 5) is 12.7. The topological polar surface area (TPSA) is 97.3 Å². The minimum absolute atomic E-state index is 0.0411. The molecule has 0 fully saturated rings. The largest absolute Gasteiger partial charge is 0.497 e. The van der Waals surface area contributed by atoms with Gasteiger partial charge in [-0.3, -0.25) is 9.10 Å². The molecule has 196 valence electrons. The molecule has 12 heteroatoms. The number of halogens is 3. The van der Waals surface area contributed by atoms with Crippen molar-refractivity contribution in [3.05, 3.63) is 83.4 Å². The average Bonchev–Trinajstić information content (AvgIpc) is 2.86. The lowest BCUT2D eigenvalue weighted by molar-refractivity contribution is -0.137. The zero-order valence-electron chi connectivity index (χ0n) is 20.1. The molecule has 0 aliphatic rings. The molecule has 0 heterocycles. The number of hydrazone groups is 1. The van der Waals surface area contributed by atoms with E-state index in [9.17, 15) is 26.4 Å². The third kappa shape index (κ3) is 6.79. The van der Waals surface area contributed by atoms with E-state index in [1.807, 2.05) is 0 Å². The summed E-state index contributed by atoms with van der Waals surface area (Å²) in [5.41, 5.74) is 2.26. The summed E-state index contributed by atoms with van der Waals surface area (Å²) in [5.74, 6) is -0.358. The van der Waals surface area contributed by atoms with Gasteiger partial charge in [-0.05, 0) is 48.9 Å². The van der Waals surface area contributed by atoms with Crippen molar-refractivity contribution >= 4 is 27.8 Å². The Kier molecular flexibility index (Phi) is 8.43. The van der Waals surface area contributed by atoms with Crippen LogP contribution in [-0.4, -0.2) is 41.3 Å². The number of anilines is 1. The van der Waals surface area contributed by atoms with Gasteiger partial charge in [-0.15, -0.1) is 0 Å². The molecule has 0 unspecified atom stereocenters. The second-order valence-electron chi connectivity index (χ2n) is 7.78. The molecule has 0 bridgehead atoms. The second-order valence-corrected chi connectivity index (χ2v) is 9.64. The molecule has 0 aliphatic heterocycles. The molecule has 1 amide bonds. The normalized spacial score (nSPS) is 11.8. The number of alkyl halides is 3. The Morgan fingerprint density at radius 3 is 2.35 bits per heavy atom.